The second kappa shape index (κ2) is 5.38. The fourth-order valence-electron chi connectivity index (χ4n) is 2.55. The number of rotatable bonds is 3. The molecule has 2 rings (SSSR count). The van der Waals surface area contributed by atoms with E-state index in [1.165, 1.54) is 14.2 Å². The van der Waals surface area contributed by atoms with Gasteiger partial charge in [0.1, 0.15) is 11.9 Å². The van der Waals surface area contributed by atoms with E-state index in [1.807, 2.05) is 6.07 Å². The van der Waals surface area contributed by atoms with Gasteiger partial charge in [-0.15, -0.1) is 0 Å². The van der Waals surface area contributed by atoms with E-state index >= 15 is 0 Å². The van der Waals surface area contributed by atoms with Crippen molar-refractivity contribution in [3.8, 4) is 11.8 Å². The highest BCUT2D eigenvalue weighted by atomic mass is 16.7. The van der Waals surface area contributed by atoms with Crippen molar-refractivity contribution >= 4 is 0 Å². The SMILES string of the molecule is COC(OC)[C@@]1(C)Oc2ccc(C#N)cc2[C@H](N)[C@H]1O. The molecule has 1 aromatic rings. The van der Waals surface area contributed by atoms with Crippen molar-refractivity contribution in [1.82, 2.24) is 0 Å². The highest BCUT2D eigenvalue weighted by Gasteiger charge is 2.51. The van der Waals surface area contributed by atoms with Crippen LogP contribution in [0.15, 0.2) is 18.2 Å². The Morgan fingerprint density at radius 1 is 1.45 bits per heavy atom. The molecule has 1 aliphatic heterocycles. The van der Waals surface area contributed by atoms with Gasteiger partial charge < -0.3 is 25.1 Å². The first-order chi connectivity index (χ1) is 9.47. The zero-order chi connectivity index (χ0) is 14.9. The standard InChI is InChI=1S/C14H18N2O4/c1-14(13(18-2)19-3)12(17)11(16)9-6-8(7-15)4-5-10(9)20-14/h4-6,11-13,17H,16H2,1-3H3/t11-,12+,14-/m0/s1. The molecule has 0 saturated heterocycles. The molecule has 1 heterocycles. The van der Waals surface area contributed by atoms with Crippen LogP contribution in [0.25, 0.3) is 0 Å². The molecule has 108 valence electrons. The third kappa shape index (κ3) is 2.15. The van der Waals surface area contributed by atoms with Crippen LogP contribution in [-0.2, 0) is 9.47 Å². The van der Waals surface area contributed by atoms with Gasteiger partial charge in [-0.3, -0.25) is 0 Å². The van der Waals surface area contributed by atoms with Crippen LogP contribution in [0, 0.1) is 11.3 Å². The summed E-state index contributed by atoms with van der Waals surface area (Å²) in [6.07, 6.45) is -1.80. The van der Waals surface area contributed by atoms with Crippen LogP contribution in [0.2, 0.25) is 0 Å². The van der Waals surface area contributed by atoms with E-state index in [4.69, 9.17) is 25.2 Å². The second-order valence-electron chi connectivity index (χ2n) is 4.92. The number of benzene rings is 1. The number of ether oxygens (including phenoxy) is 3. The lowest BCUT2D eigenvalue weighted by Crippen LogP contribution is -2.61. The largest absolute Gasteiger partial charge is 0.479 e. The van der Waals surface area contributed by atoms with E-state index in [9.17, 15) is 5.11 Å². The van der Waals surface area contributed by atoms with Crippen LogP contribution in [0.1, 0.15) is 24.1 Å². The molecule has 0 unspecified atom stereocenters. The lowest BCUT2D eigenvalue weighted by Gasteiger charge is -2.45. The summed E-state index contributed by atoms with van der Waals surface area (Å²) >= 11 is 0. The molecule has 6 nitrogen and oxygen atoms in total. The molecular formula is C14H18N2O4. The average Bonchev–Trinajstić information content (AvgIpc) is 2.46. The van der Waals surface area contributed by atoms with Crippen molar-refractivity contribution in [2.24, 2.45) is 5.73 Å². The Labute approximate surface area is 117 Å². The van der Waals surface area contributed by atoms with Gasteiger partial charge in [-0.1, -0.05) is 0 Å². The molecule has 0 spiro atoms. The minimum absolute atomic E-state index is 0.466. The zero-order valence-electron chi connectivity index (χ0n) is 11.7. The molecule has 3 atom stereocenters. The Morgan fingerprint density at radius 3 is 2.65 bits per heavy atom. The van der Waals surface area contributed by atoms with Crippen molar-refractivity contribution in [2.45, 2.75) is 31.0 Å². The number of hydrogen-bond donors (Lipinski definition) is 2. The fourth-order valence-corrected chi connectivity index (χ4v) is 2.55. The maximum absolute atomic E-state index is 10.4. The Balaban J connectivity index is 2.47. The van der Waals surface area contributed by atoms with Crippen LogP contribution in [-0.4, -0.2) is 37.3 Å². The highest BCUT2D eigenvalue weighted by Crippen LogP contribution is 2.41. The smallest absolute Gasteiger partial charge is 0.199 e. The summed E-state index contributed by atoms with van der Waals surface area (Å²) in [6, 6.07) is 6.27. The molecule has 0 aromatic heterocycles. The third-order valence-corrected chi connectivity index (χ3v) is 3.65. The first-order valence-corrected chi connectivity index (χ1v) is 6.20. The number of nitrogens with zero attached hydrogens (tertiary/aromatic N) is 1. The van der Waals surface area contributed by atoms with Gasteiger partial charge in [-0.2, -0.15) is 5.26 Å². The van der Waals surface area contributed by atoms with Gasteiger partial charge in [0, 0.05) is 19.8 Å². The molecule has 0 radical (unpaired) electrons. The van der Waals surface area contributed by atoms with Crippen molar-refractivity contribution in [3.63, 3.8) is 0 Å². The Morgan fingerprint density at radius 2 is 2.10 bits per heavy atom. The summed E-state index contributed by atoms with van der Waals surface area (Å²) < 4.78 is 16.3. The summed E-state index contributed by atoms with van der Waals surface area (Å²) in [4.78, 5) is 0. The van der Waals surface area contributed by atoms with Crippen molar-refractivity contribution < 1.29 is 19.3 Å². The van der Waals surface area contributed by atoms with Gasteiger partial charge in [-0.25, -0.2) is 0 Å². The average molecular weight is 278 g/mol. The molecule has 3 N–H and O–H groups in total. The number of methoxy groups -OCH3 is 2. The topological polar surface area (TPSA) is 97.7 Å². The molecule has 1 aliphatic rings. The second-order valence-corrected chi connectivity index (χ2v) is 4.92. The fraction of sp³-hybridized carbons (Fsp3) is 0.500. The minimum Gasteiger partial charge on any atom is -0.479 e. The number of aliphatic hydroxyl groups is 1. The number of nitriles is 1. The predicted octanol–water partition coefficient (Wildman–Crippen LogP) is 0.689. The van der Waals surface area contributed by atoms with E-state index in [2.05, 4.69) is 0 Å². The Hall–Kier alpha value is -1.65. The number of aliphatic hydroxyl groups excluding tert-OH is 1. The van der Waals surface area contributed by atoms with Gasteiger partial charge in [-0.05, 0) is 25.1 Å². The predicted molar refractivity (Wildman–Crippen MR) is 70.9 cm³/mol. The zero-order valence-corrected chi connectivity index (χ0v) is 11.7. The Bertz CT molecular complexity index is 538. The van der Waals surface area contributed by atoms with Gasteiger partial charge in [0.25, 0.3) is 0 Å². The van der Waals surface area contributed by atoms with E-state index in [0.29, 0.717) is 16.9 Å². The van der Waals surface area contributed by atoms with Crippen LogP contribution < -0.4 is 10.5 Å². The number of fused-ring (bicyclic) bond motifs is 1. The van der Waals surface area contributed by atoms with Crippen molar-refractivity contribution in [3.05, 3.63) is 29.3 Å². The minimum atomic E-state index is -1.13. The first-order valence-electron chi connectivity index (χ1n) is 6.20. The molecule has 0 saturated carbocycles. The normalized spacial score (nSPS) is 28.6. The maximum Gasteiger partial charge on any atom is 0.199 e. The van der Waals surface area contributed by atoms with Crippen LogP contribution in [0.5, 0.6) is 5.75 Å². The van der Waals surface area contributed by atoms with Crippen LogP contribution >= 0.6 is 0 Å². The van der Waals surface area contributed by atoms with Crippen LogP contribution in [0.4, 0.5) is 0 Å². The van der Waals surface area contributed by atoms with E-state index in [1.54, 1.807) is 25.1 Å². The van der Waals surface area contributed by atoms with E-state index in [-0.39, 0.29) is 0 Å². The molecule has 0 fully saturated rings. The lowest BCUT2D eigenvalue weighted by molar-refractivity contribution is -0.237. The van der Waals surface area contributed by atoms with E-state index < -0.39 is 24.0 Å². The first kappa shape index (κ1) is 14.8. The van der Waals surface area contributed by atoms with Gasteiger partial charge in [0.15, 0.2) is 11.9 Å². The molecule has 0 bridgehead atoms. The summed E-state index contributed by atoms with van der Waals surface area (Å²) in [6.45, 7) is 1.68. The summed E-state index contributed by atoms with van der Waals surface area (Å²) in [7, 11) is 2.94. The summed E-state index contributed by atoms with van der Waals surface area (Å²) in [5.41, 5.74) is 6.01. The monoisotopic (exact) mass is 278 g/mol. The number of nitrogens with two attached hydrogens (primary N) is 1. The van der Waals surface area contributed by atoms with Crippen LogP contribution in [0.3, 0.4) is 0 Å². The molecule has 20 heavy (non-hydrogen) atoms. The molecule has 1 aromatic carbocycles. The van der Waals surface area contributed by atoms with Gasteiger partial charge >= 0.3 is 0 Å². The molecule has 0 aliphatic carbocycles. The summed E-state index contributed by atoms with van der Waals surface area (Å²) in [5.74, 6) is 0.517. The van der Waals surface area contributed by atoms with Gasteiger partial charge in [0.05, 0.1) is 17.7 Å². The van der Waals surface area contributed by atoms with Crippen molar-refractivity contribution in [2.75, 3.05) is 14.2 Å². The maximum atomic E-state index is 10.4. The third-order valence-electron chi connectivity index (χ3n) is 3.65. The quantitative estimate of drug-likeness (QED) is 0.789. The highest BCUT2D eigenvalue weighted by molar-refractivity contribution is 5.46. The lowest BCUT2D eigenvalue weighted by atomic mass is 9.84. The molecule has 6 heteroatoms. The molecular weight excluding hydrogens is 260 g/mol. The van der Waals surface area contributed by atoms with Gasteiger partial charge in [0.2, 0.25) is 0 Å². The molecule has 0 amide bonds. The van der Waals surface area contributed by atoms with E-state index in [0.717, 1.165) is 0 Å². The van der Waals surface area contributed by atoms with Crippen molar-refractivity contribution in [1.29, 1.82) is 5.26 Å². The Kier molecular flexibility index (Phi) is 3.97. The number of hydrogen-bond acceptors (Lipinski definition) is 6. The summed E-state index contributed by atoms with van der Waals surface area (Å²) in [5, 5.41) is 19.4.